The molecule has 0 N–H and O–H groups in total. The molecule has 0 amide bonds. The van der Waals surface area contributed by atoms with Gasteiger partial charge in [0.15, 0.2) is 15.6 Å². The highest BCUT2D eigenvalue weighted by Crippen LogP contribution is 2.22. The minimum absolute atomic E-state index is 0. The molecular weight excluding hydrogens is 435 g/mol. The summed E-state index contributed by atoms with van der Waals surface area (Å²) < 4.78 is 25.5. The summed E-state index contributed by atoms with van der Waals surface area (Å²) in [5.41, 5.74) is 1.83. The van der Waals surface area contributed by atoms with Crippen molar-refractivity contribution in [2.75, 3.05) is 49.1 Å². The summed E-state index contributed by atoms with van der Waals surface area (Å²) in [5.74, 6) is 1.13. The summed E-state index contributed by atoms with van der Waals surface area (Å²) in [4.78, 5) is 17.3. The van der Waals surface area contributed by atoms with Gasteiger partial charge in [0.2, 0.25) is 0 Å². The van der Waals surface area contributed by atoms with Crippen LogP contribution in [0.4, 0.5) is 5.69 Å². The van der Waals surface area contributed by atoms with Crippen LogP contribution in [0.1, 0.15) is 24.2 Å². The Morgan fingerprint density at radius 3 is 2.30 bits per heavy atom. The van der Waals surface area contributed by atoms with Crippen LogP contribution >= 0.6 is 21.7 Å². The average molecular weight is 467 g/mol. The maximum absolute atomic E-state index is 12.7. The zero-order valence-corrected chi connectivity index (χ0v) is 20.8. The van der Waals surface area contributed by atoms with E-state index in [0.717, 1.165) is 48.1 Å². The predicted octanol–water partition coefficient (Wildman–Crippen LogP) is 3.66. The molecular formula is C22H31N2O3PS2. The van der Waals surface area contributed by atoms with E-state index >= 15 is 0 Å². The van der Waals surface area contributed by atoms with E-state index in [2.05, 4.69) is 16.7 Å². The lowest BCUT2D eigenvalue weighted by Crippen LogP contribution is -2.47. The standard InChI is InChI=1S/C22H28N2O3S2.H3P/c1-3-28-21-5-4-6-22(17-21)29(26,27)16-15-23-11-13-24(14-12-23)20-9-7-19(8-10-20)18(2)25;/h4-10,17H,3,11-16H2,1-2H3;1H3. The van der Waals surface area contributed by atoms with Gasteiger partial charge in [0, 0.05) is 48.9 Å². The fourth-order valence-corrected chi connectivity index (χ4v) is 5.55. The molecule has 1 atom stereocenters. The number of carbonyl (C=O) groups is 1. The van der Waals surface area contributed by atoms with Crippen LogP contribution in [0, 0.1) is 0 Å². The molecule has 164 valence electrons. The molecule has 0 bridgehead atoms. The molecule has 1 saturated heterocycles. The molecule has 1 fully saturated rings. The first-order valence-electron chi connectivity index (χ1n) is 9.93. The van der Waals surface area contributed by atoms with Crippen molar-refractivity contribution in [3.63, 3.8) is 0 Å². The first-order chi connectivity index (χ1) is 13.9. The van der Waals surface area contributed by atoms with Crippen LogP contribution < -0.4 is 4.90 Å². The van der Waals surface area contributed by atoms with E-state index in [4.69, 9.17) is 0 Å². The minimum atomic E-state index is -3.28. The number of ketones is 1. The Morgan fingerprint density at radius 1 is 1.03 bits per heavy atom. The van der Waals surface area contributed by atoms with Gasteiger partial charge in [-0.3, -0.25) is 9.69 Å². The molecule has 0 radical (unpaired) electrons. The summed E-state index contributed by atoms with van der Waals surface area (Å²) in [6.45, 7) is 7.53. The van der Waals surface area contributed by atoms with Crippen molar-refractivity contribution in [1.82, 2.24) is 4.90 Å². The Morgan fingerprint density at radius 2 is 1.70 bits per heavy atom. The maximum Gasteiger partial charge on any atom is 0.179 e. The van der Waals surface area contributed by atoms with E-state index < -0.39 is 9.84 Å². The molecule has 0 saturated carbocycles. The van der Waals surface area contributed by atoms with Gasteiger partial charge >= 0.3 is 0 Å². The summed E-state index contributed by atoms with van der Waals surface area (Å²) in [6, 6.07) is 14.9. The number of thioether (sulfide) groups is 1. The summed E-state index contributed by atoms with van der Waals surface area (Å²) >= 11 is 1.65. The van der Waals surface area contributed by atoms with Crippen molar-refractivity contribution in [1.29, 1.82) is 0 Å². The number of rotatable bonds is 8. The van der Waals surface area contributed by atoms with E-state index in [9.17, 15) is 13.2 Å². The molecule has 5 nitrogen and oxygen atoms in total. The second kappa shape index (κ2) is 11.3. The maximum atomic E-state index is 12.7. The molecule has 2 aromatic rings. The van der Waals surface area contributed by atoms with Crippen molar-refractivity contribution < 1.29 is 13.2 Å². The van der Waals surface area contributed by atoms with Crippen molar-refractivity contribution in [3.05, 3.63) is 54.1 Å². The highest BCUT2D eigenvalue weighted by Gasteiger charge is 2.21. The monoisotopic (exact) mass is 466 g/mol. The summed E-state index contributed by atoms with van der Waals surface area (Å²) in [7, 11) is -3.28. The van der Waals surface area contributed by atoms with E-state index in [1.807, 2.05) is 36.4 Å². The van der Waals surface area contributed by atoms with E-state index in [0.29, 0.717) is 11.4 Å². The molecule has 2 aromatic carbocycles. The smallest absolute Gasteiger partial charge is 0.179 e. The molecule has 0 aliphatic carbocycles. The second-order valence-corrected chi connectivity index (χ2v) is 10.6. The fourth-order valence-electron chi connectivity index (χ4n) is 3.43. The summed E-state index contributed by atoms with van der Waals surface area (Å²) in [5, 5.41) is 0. The van der Waals surface area contributed by atoms with Crippen LogP contribution in [0.3, 0.4) is 0 Å². The average Bonchev–Trinajstić information content (AvgIpc) is 2.73. The number of carbonyl (C=O) groups excluding carboxylic acids is 1. The Hall–Kier alpha value is -1.40. The van der Waals surface area contributed by atoms with Crippen LogP contribution in [-0.2, 0) is 9.84 Å². The van der Waals surface area contributed by atoms with Gasteiger partial charge in [-0.25, -0.2) is 8.42 Å². The quantitative estimate of drug-likeness (QED) is 0.336. The predicted molar refractivity (Wildman–Crippen MR) is 131 cm³/mol. The van der Waals surface area contributed by atoms with Gasteiger partial charge in [-0.15, -0.1) is 11.8 Å². The van der Waals surface area contributed by atoms with Gasteiger partial charge in [-0.05, 0) is 55.1 Å². The lowest BCUT2D eigenvalue weighted by molar-refractivity contribution is 0.101. The van der Waals surface area contributed by atoms with Gasteiger partial charge in [-0.1, -0.05) is 13.0 Å². The molecule has 8 heteroatoms. The third-order valence-electron chi connectivity index (χ3n) is 5.16. The molecule has 30 heavy (non-hydrogen) atoms. The highest BCUT2D eigenvalue weighted by atomic mass is 32.2. The van der Waals surface area contributed by atoms with Gasteiger partial charge in [0.25, 0.3) is 0 Å². The fraction of sp³-hybridized carbons (Fsp3) is 0.409. The van der Waals surface area contributed by atoms with E-state index in [1.54, 1.807) is 30.8 Å². The van der Waals surface area contributed by atoms with Crippen LogP contribution in [0.2, 0.25) is 0 Å². The topological polar surface area (TPSA) is 57.7 Å². The number of Topliss-reactive ketones (excluding diaryl/α,β-unsaturated/α-hetero) is 1. The number of piperazine rings is 1. The molecule has 1 unspecified atom stereocenters. The lowest BCUT2D eigenvalue weighted by atomic mass is 10.1. The number of sulfone groups is 1. The molecule has 1 aliphatic rings. The minimum Gasteiger partial charge on any atom is -0.369 e. The number of anilines is 1. The third-order valence-corrected chi connectivity index (χ3v) is 7.73. The second-order valence-electron chi connectivity index (χ2n) is 7.16. The first-order valence-corrected chi connectivity index (χ1v) is 12.6. The van der Waals surface area contributed by atoms with Gasteiger partial charge in [-0.2, -0.15) is 9.90 Å². The Labute approximate surface area is 187 Å². The lowest BCUT2D eigenvalue weighted by Gasteiger charge is -2.36. The SMILES string of the molecule is CCSc1cccc(S(=O)(=O)CCN2CCN(c3ccc(C(C)=O)cc3)CC2)c1.P. The van der Waals surface area contributed by atoms with Crippen molar-refractivity contribution in [3.8, 4) is 0 Å². The zero-order valence-electron chi connectivity index (χ0n) is 17.7. The van der Waals surface area contributed by atoms with Crippen LogP contribution in [-0.4, -0.2) is 63.3 Å². The van der Waals surface area contributed by atoms with Gasteiger partial charge < -0.3 is 4.90 Å². The summed E-state index contributed by atoms with van der Waals surface area (Å²) in [6.07, 6.45) is 0. The highest BCUT2D eigenvalue weighted by molar-refractivity contribution is 7.99. The third kappa shape index (κ3) is 6.55. The number of benzene rings is 2. The van der Waals surface area contributed by atoms with Crippen molar-refractivity contribution in [2.45, 2.75) is 23.6 Å². The Kier molecular flexibility index (Phi) is 9.35. The molecule has 1 aliphatic heterocycles. The van der Waals surface area contributed by atoms with Gasteiger partial charge in [0.05, 0.1) is 10.6 Å². The Balaban J connectivity index is 0.00000320. The Bertz CT molecular complexity index is 941. The van der Waals surface area contributed by atoms with Crippen LogP contribution in [0.15, 0.2) is 58.3 Å². The van der Waals surface area contributed by atoms with Gasteiger partial charge in [0.1, 0.15) is 0 Å². The zero-order chi connectivity index (χ0) is 20.9. The number of nitrogens with zero attached hydrogens (tertiary/aromatic N) is 2. The normalized spacial score (nSPS) is 14.9. The number of hydrogen-bond acceptors (Lipinski definition) is 6. The van der Waals surface area contributed by atoms with Crippen molar-refractivity contribution >= 4 is 43.0 Å². The molecule has 3 rings (SSSR count). The van der Waals surface area contributed by atoms with E-state index in [1.165, 1.54) is 0 Å². The first kappa shape index (κ1) is 24.9. The van der Waals surface area contributed by atoms with E-state index in [-0.39, 0.29) is 21.4 Å². The largest absolute Gasteiger partial charge is 0.369 e. The number of hydrogen-bond donors (Lipinski definition) is 0. The van der Waals surface area contributed by atoms with Crippen molar-refractivity contribution in [2.24, 2.45) is 0 Å². The molecule has 0 spiro atoms. The molecule has 1 heterocycles. The van der Waals surface area contributed by atoms with Crippen LogP contribution in [0.5, 0.6) is 0 Å². The van der Waals surface area contributed by atoms with Crippen LogP contribution in [0.25, 0.3) is 0 Å². The molecule has 0 aromatic heterocycles.